The van der Waals surface area contributed by atoms with E-state index >= 15 is 0 Å². The smallest absolute Gasteiger partial charge is 0.0663 e. The first-order valence-electron chi connectivity index (χ1n) is 21.7. The van der Waals surface area contributed by atoms with Crippen LogP contribution in [-0.4, -0.2) is 10.1 Å². The molecular weight excluding hydrogens is 765 g/mol. The third-order valence-electron chi connectivity index (χ3n) is 12.4. The highest BCUT2D eigenvalue weighted by Crippen LogP contribution is 2.45. The average molecular weight is 811 g/mol. The molecule has 0 fully saturated rings. The lowest BCUT2D eigenvalue weighted by Gasteiger charge is -2.43. The summed E-state index contributed by atoms with van der Waals surface area (Å²) in [6.07, 6.45) is 5.56. The van der Waals surface area contributed by atoms with Crippen LogP contribution in [0.5, 0.6) is 0 Å². The largest absolute Gasteiger partial charge is 0.332 e. The van der Waals surface area contributed by atoms with E-state index in [2.05, 4.69) is 275 Å². The van der Waals surface area contributed by atoms with E-state index in [0.717, 1.165) is 63.1 Å². The van der Waals surface area contributed by atoms with Gasteiger partial charge in [-0.1, -0.05) is 140 Å². The molecule has 1 aromatic heterocycles. The van der Waals surface area contributed by atoms with E-state index in [0.29, 0.717) is 0 Å². The number of hydrogen-bond acceptors (Lipinski definition) is 3. The maximum absolute atomic E-state index is 2.52. The van der Waals surface area contributed by atoms with Crippen molar-refractivity contribution in [2.45, 2.75) is 18.9 Å². The van der Waals surface area contributed by atoms with E-state index < -0.39 is 0 Å². The summed E-state index contributed by atoms with van der Waals surface area (Å²) < 4.78 is 2.52. The fourth-order valence-corrected chi connectivity index (χ4v) is 9.55. The molecule has 0 N–H and O–H groups in total. The molecule has 0 saturated carbocycles. The molecule has 10 aromatic rings. The third kappa shape index (κ3) is 7.02. The van der Waals surface area contributed by atoms with Gasteiger partial charge in [0.2, 0.25) is 0 Å². The summed E-state index contributed by atoms with van der Waals surface area (Å²) in [6.45, 7) is 2.37. The minimum absolute atomic E-state index is 0.384. The van der Waals surface area contributed by atoms with Crippen LogP contribution in [-0.2, 0) is 6.42 Å². The molecular formula is C59H46N4. The first-order valence-corrected chi connectivity index (χ1v) is 21.7. The van der Waals surface area contributed by atoms with Crippen LogP contribution in [0, 0.1) is 0 Å². The molecule has 1 heterocycles. The number of anilines is 8. The van der Waals surface area contributed by atoms with Crippen molar-refractivity contribution in [3.05, 3.63) is 254 Å². The molecule has 0 radical (unpaired) electrons. The normalized spacial score (nSPS) is 14.4. The monoisotopic (exact) mass is 810 g/mol. The van der Waals surface area contributed by atoms with Crippen molar-refractivity contribution in [2.75, 3.05) is 14.7 Å². The minimum Gasteiger partial charge on any atom is -0.332 e. The predicted octanol–water partition coefficient (Wildman–Crippen LogP) is 15.9. The number of hydrogen-bond donors (Lipinski definition) is 0. The Bertz CT molecular complexity index is 3120. The molecule has 4 heteroatoms. The molecule has 9 aromatic carbocycles. The first-order chi connectivity index (χ1) is 31.1. The van der Waals surface area contributed by atoms with Gasteiger partial charge in [-0.05, 0) is 127 Å². The predicted molar refractivity (Wildman–Crippen MR) is 266 cm³/mol. The van der Waals surface area contributed by atoms with Crippen molar-refractivity contribution in [3.63, 3.8) is 0 Å². The zero-order valence-corrected chi connectivity index (χ0v) is 35.2. The maximum atomic E-state index is 2.52. The van der Waals surface area contributed by atoms with Gasteiger partial charge in [0.15, 0.2) is 0 Å². The van der Waals surface area contributed by atoms with Crippen LogP contribution in [0.2, 0.25) is 0 Å². The molecule has 4 nitrogen and oxygen atoms in total. The Labute approximate surface area is 369 Å². The van der Waals surface area contributed by atoms with E-state index in [9.17, 15) is 0 Å². The second-order valence-electron chi connectivity index (χ2n) is 16.5. The third-order valence-corrected chi connectivity index (χ3v) is 12.4. The van der Waals surface area contributed by atoms with Crippen molar-refractivity contribution < 1.29 is 0 Å². The Balaban J connectivity index is 1.09. The number of aromatic nitrogens is 1. The van der Waals surface area contributed by atoms with Crippen LogP contribution in [0.15, 0.2) is 243 Å². The second-order valence-corrected chi connectivity index (χ2v) is 16.5. The van der Waals surface area contributed by atoms with Crippen LogP contribution >= 0.6 is 0 Å². The summed E-state index contributed by atoms with van der Waals surface area (Å²) in [7, 11) is 0. The number of nitrogens with zero attached hydrogens (tertiary/aromatic N) is 4. The molecule has 302 valence electrons. The van der Waals surface area contributed by atoms with Gasteiger partial charge in [-0.25, -0.2) is 0 Å². The standard InChI is InChI=1S/C59H46N4/c1-59(63(51-27-13-5-14-28-51)52-29-15-6-16-30-52)40-39-56-55-38-37-54(60(46-21-7-2-8-22-46)47-23-9-3-10-24-47)42-57(55)62(58(56)43-59)50-35-33-49(34-36-50)61(48-25-11-4-12-26-48)53-32-31-44-19-17-18-20-45(44)41-53/h2-42H,43H2,1H3. The second kappa shape index (κ2) is 16.1. The quantitative estimate of drug-likeness (QED) is 0.137. The molecule has 1 aliphatic carbocycles. The molecule has 0 aliphatic heterocycles. The van der Waals surface area contributed by atoms with Crippen molar-refractivity contribution in [1.29, 1.82) is 0 Å². The summed E-state index contributed by atoms with van der Waals surface area (Å²) in [4.78, 5) is 7.20. The van der Waals surface area contributed by atoms with Gasteiger partial charge in [-0.3, -0.25) is 0 Å². The fraction of sp³-hybridized carbons (Fsp3) is 0.0508. The molecule has 1 unspecified atom stereocenters. The maximum Gasteiger partial charge on any atom is 0.0663 e. The highest BCUT2D eigenvalue weighted by Gasteiger charge is 2.37. The lowest BCUT2D eigenvalue weighted by atomic mass is 9.85. The van der Waals surface area contributed by atoms with Crippen LogP contribution < -0.4 is 14.7 Å². The number of fused-ring (bicyclic) bond motifs is 4. The summed E-state index contributed by atoms with van der Waals surface area (Å²) in [6, 6.07) is 85.0. The van der Waals surface area contributed by atoms with Gasteiger partial charge in [-0.2, -0.15) is 0 Å². The Morgan fingerprint density at radius 3 is 1.37 bits per heavy atom. The van der Waals surface area contributed by atoms with E-state index in [1.54, 1.807) is 0 Å². The molecule has 0 amide bonds. The molecule has 11 rings (SSSR count). The number of rotatable bonds is 10. The summed E-state index contributed by atoms with van der Waals surface area (Å²) in [5.74, 6) is 0. The molecule has 1 aliphatic rings. The lowest BCUT2D eigenvalue weighted by molar-refractivity contribution is 0.548. The summed E-state index contributed by atoms with van der Waals surface area (Å²) in [5.41, 5.74) is 13.4. The average Bonchev–Trinajstić information content (AvgIpc) is 3.66. The van der Waals surface area contributed by atoms with Gasteiger partial charge in [0, 0.05) is 74.3 Å². The van der Waals surface area contributed by atoms with E-state index in [1.165, 1.54) is 27.4 Å². The topological polar surface area (TPSA) is 14.7 Å². The Morgan fingerprint density at radius 2 is 0.825 bits per heavy atom. The van der Waals surface area contributed by atoms with Gasteiger partial charge in [0.25, 0.3) is 0 Å². The van der Waals surface area contributed by atoms with Gasteiger partial charge >= 0.3 is 0 Å². The zero-order chi connectivity index (χ0) is 42.2. The van der Waals surface area contributed by atoms with E-state index in [1.807, 2.05) is 0 Å². The van der Waals surface area contributed by atoms with E-state index in [-0.39, 0.29) is 5.54 Å². The highest BCUT2D eigenvalue weighted by atomic mass is 15.2. The molecule has 0 saturated heterocycles. The van der Waals surface area contributed by atoms with Crippen molar-refractivity contribution in [3.8, 4) is 5.69 Å². The van der Waals surface area contributed by atoms with Crippen molar-refractivity contribution >= 4 is 73.3 Å². The van der Waals surface area contributed by atoms with Crippen LogP contribution in [0.25, 0.3) is 33.4 Å². The Morgan fingerprint density at radius 1 is 0.397 bits per heavy atom. The zero-order valence-electron chi connectivity index (χ0n) is 35.2. The lowest BCUT2D eigenvalue weighted by Crippen LogP contribution is -2.45. The fourth-order valence-electron chi connectivity index (χ4n) is 9.55. The molecule has 0 spiro atoms. The molecule has 63 heavy (non-hydrogen) atoms. The summed E-state index contributed by atoms with van der Waals surface area (Å²) >= 11 is 0. The van der Waals surface area contributed by atoms with Crippen LogP contribution in [0.3, 0.4) is 0 Å². The minimum atomic E-state index is -0.384. The Hall–Kier alpha value is -8.08. The first kappa shape index (κ1) is 37.9. The van der Waals surface area contributed by atoms with Crippen LogP contribution in [0.4, 0.5) is 45.5 Å². The highest BCUT2D eigenvalue weighted by molar-refractivity contribution is 5.97. The number of para-hydroxylation sites is 5. The van der Waals surface area contributed by atoms with Gasteiger partial charge in [-0.15, -0.1) is 0 Å². The molecule has 0 bridgehead atoms. The number of benzene rings is 9. The van der Waals surface area contributed by atoms with Crippen molar-refractivity contribution in [1.82, 2.24) is 4.57 Å². The van der Waals surface area contributed by atoms with Gasteiger partial charge < -0.3 is 19.3 Å². The van der Waals surface area contributed by atoms with Crippen LogP contribution in [0.1, 0.15) is 18.2 Å². The van der Waals surface area contributed by atoms with Crippen molar-refractivity contribution in [2.24, 2.45) is 0 Å². The Kier molecular flexibility index (Phi) is 9.67. The van der Waals surface area contributed by atoms with Gasteiger partial charge in [0.1, 0.15) is 0 Å². The summed E-state index contributed by atoms with van der Waals surface area (Å²) in [5, 5.41) is 3.67. The SMILES string of the molecule is CC1(N(c2ccccc2)c2ccccc2)C=Cc2c(n(-c3ccc(N(c4ccccc4)c4ccc5ccccc5c4)cc3)c3cc(N(c4ccccc4)c4ccccc4)ccc23)C1. The van der Waals surface area contributed by atoms with Gasteiger partial charge in [0.05, 0.1) is 11.1 Å². The molecule has 1 atom stereocenters. The van der Waals surface area contributed by atoms with E-state index in [4.69, 9.17) is 0 Å².